The highest BCUT2D eigenvalue weighted by Gasteiger charge is 2.29. The Morgan fingerprint density at radius 3 is 2.30 bits per heavy atom. The molecule has 1 fully saturated rings. The summed E-state index contributed by atoms with van der Waals surface area (Å²) >= 11 is 18.9. The third-order valence-corrected chi connectivity index (χ3v) is 6.87. The first-order chi connectivity index (χ1) is 16.1. The van der Waals surface area contributed by atoms with Gasteiger partial charge >= 0.3 is 0 Å². The van der Waals surface area contributed by atoms with Gasteiger partial charge < -0.3 is 4.90 Å². The minimum atomic E-state index is 0.144. The van der Waals surface area contributed by atoms with E-state index < -0.39 is 0 Å². The first-order valence-electron chi connectivity index (χ1n) is 10.8. The van der Waals surface area contributed by atoms with Crippen molar-refractivity contribution in [2.24, 2.45) is 15.4 Å². The van der Waals surface area contributed by atoms with Crippen molar-refractivity contribution in [3.63, 3.8) is 0 Å². The van der Waals surface area contributed by atoms with Crippen LogP contribution in [0.15, 0.2) is 82.2 Å². The summed E-state index contributed by atoms with van der Waals surface area (Å²) in [6, 6.07) is 22.5. The summed E-state index contributed by atoms with van der Waals surface area (Å²) in [6.45, 7) is 4.07. The van der Waals surface area contributed by atoms with Gasteiger partial charge in [0.15, 0.2) is 0 Å². The zero-order chi connectivity index (χ0) is 22.8. The molecule has 0 bridgehead atoms. The van der Waals surface area contributed by atoms with Gasteiger partial charge in [0, 0.05) is 36.2 Å². The van der Waals surface area contributed by atoms with E-state index in [4.69, 9.17) is 34.8 Å². The smallest absolute Gasteiger partial charge is 0.107 e. The molecule has 0 spiro atoms. The van der Waals surface area contributed by atoms with Crippen molar-refractivity contribution in [1.29, 1.82) is 0 Å². The van der Waals surface area contributed by atoms with Crippen molar-refractivity contribution in [2.45, 2.75) is 12.6 Å². The molecule has 5 nitrogen and oxygen atoms in total. The van der Waals surface area contributed by atoms with E-state index in [1.54, 1.807) is 6.07 Å². The topological polar surface area (TPSA) is 43.6 Å². The molecule has 168 valence electrons. The van der Waals surface area contributed by atoms with E-state index in [1.807, 2.05) is 24.3 Å². The lowest BCUT2D eigenvalue weighted by Gasteiger charge is -2.43. The van der Waals surface area contributed by atoms with E-state index in [0.29, 0.717) is 16.6 Å². The molecule has 33 heavy (non-hydrogen) atoms. The van der Waals surface area contributed by atoms with Crippen molar-refractivity contribution in [3.05, 3.63) is 98.5 Å². The zero-order valence-corrected chi connectivity index (χ0v) is 20.1. The molecule has 2 aliphatic rings. The lowest BCUT2D eigenvalue weighted by molar-refractivity contribution is 0.215. The fourth-order valence-corrected chi connectivity index (χ4v) is 5.02. The standard InChI is InChI=1S/C25H22Cl3N5/c26-20-7-5-19(6-8-20)25-16-32(11-12-33(25)24-10-9-21(27)13-22(24)28)15-17-1-3-18(4-2-17)23-14-29-31-30-23/h1-10,13,25H,11-12,14-16H2/t25-/m0/s1. The van der Waals surface area contributed by atoms with Gasteiger partial charge in [0.25, 0.3) is 0 Å². The number of benzene rings is 3. The SMILES string of the molecule is Clc1ccc([C@@H]2CN(Cc3ccc(C4=NN=NC4)cc3)CCN2c2ccc(Cl)cc2Cl)cc1. The molecule has 5 rings (SSSR count). The fraction of sp³-hybridized carbons (Fsp3) is 0.240. The van der Waals surface area contributed by atoms with Crippen LogP contribution in [0.5, 0.6) is 0 Å². The summed E-state index contributed by atoms with van der Waals surface area (Å²) in [7, 11) is 0. The predicted octanol–water partition coefficient (Wildman–Crippen LogP) is 6.88. The van der Waals surface area contributed by atoms with Crippen LogP contribution in [-0.2, 0) is 6.54 Å². The maximum Gasteiger partial charge on any atom is 0.107 e. The average molecular weight is 499 g/mol. The summed E-state index contributed by atoms with van der Waals surface area (Å²) in [4.78, 5) is 4.85. The normalized spacial score (nSPS) is 18.6. The molecule has 0 saturated carbocycles. The Bertz CT molecular complexity index is 1190. The van der Waals surface area contributed by atoms with Gasteiger partial charge in [-0.05, 0) is 52.2 Å². The summed E-state index contributed by atoms with van der Waals surface area (Å²) in [5.41, 5.74) is 5.46. The van der Waals surface area contributed by atoms with Crippen molar-refractivity contribution in [3.8, 4) is 0 Å². The number of hydrogen-bond acceptors (Lipinski definition) is 5. The zero-order valence-electron chi connectivity index (χ0n) is 17.8. The first-order valence-corrected chi connectivity index (χ1v) is 11.9. The van der Waals surface area contributed by atoms with Crippen molar-refractivity contribution < 1.29 is 0 Å². The number of hydrogen-bond donors (Lipinski definition) is 0. The maximum atomic E-state index is 6.59. The lowest BCUT2D eigenvalue weighted by atomic mass is 10.0. The molecule has 1 saturated heterocycles. The Morgan fingerprint density at radius 1 is 0.848 bits per heavy atom. The van der Waals surface area contributed by atoms with Crippen molar-refractivity contribution in [1.82, 2.24) is 4.90 Å². The number of piperazine rings is 1. The van der Waals surface area contributed by atoms with Gasteiger partial charge in [-0.3, -0.25) is 4.90 Å². The second kappa shape index (κ2) is 9.82. The molecule has 1 atom stereocenters. The summed E-state index contributed by atoms with van der Waals surface area (Å²) in [6.07, 6.45) is 0. The van der Waals surface area contributed by atoms with Gasteiger partial charge in [-0.25, -0.2) is 0 Å². The van der Waals surface area contributed by atoms with Gasteiger partial charge in [-0.15, -0.1) is 5.10 Å². The second-order valence-corrected chi connectivity index (χ2v) is 9.50. The average Bonchev–Trinajstić information content (AvgIpc) is 3.36. The predicted molar refractivity (Wildman–Crippen MR) is 136 cm³/mol. The van der Waals surface area contributed by atoms with Crippen LogP contribution >= 0.6 is 34.8 Å². The van der Waals surface area contributed by atoms with E-state index in [2.05, 4.69) is 61.6 Å². The van der Waals surface area contributed by atoms with E-state index in [1.165, 1.54) is 11.1 Å². The molecule has 2 heterocycles. The Morgan fingerprint density at radius 2 is 1.61 bits per heavy atom. The molecule has 0 N–H and O–H groups in total. The van der Waals surface area contributed by atoms with Gasteiger partial charge in [-0.2, -0.15) is 5.11 Å². The third-order valence-electron chi connectivity index (χ3n) is 6.08. The summed E-state index contributed by atoms with van der Waals surface area (Å²) < 4.78 is 0. The Kier molecular flexibility index (Phi) is 6.65. The molecule has 8 heteroatoms. The molecule has 0 aliphatic carbocycles. The molecular formula is C25H22Cl3N5. The maximum absolute atomic E-state index is 6.59. The monoisotopic (exact) mass is 497 g/mol. The van der Waals surface area contributed by atoms with E-state index in [-0.39, 0.29) is 6.04 Å². The summed E-state index contributed by atoms with van der Waals surface area (Å²) in [5.74, 6) is 0. The molecule has 0 amide bonds. The van der Waals surface area contributed by atoms with Gasteiger partial charge in [0.1, 0.15) is 6.54 Å². The van der Waals surface area contributed by atoms with Crippen LogP contribution in [-0.4, -0.2) is 36.8 Å². The van der Waals surface area contributed by atoms with Crippen LogP contribution in [0.3, 0.4) is 0 Å². The highest BCUT2D eigenvalue weighted by Crippen LogP contribution is 2.37. The molecule has 0 aromatic heterocycles. The van der Waals surface area contributed by atoms with Crippen molar-refractivity contribution in [2.75, 3.05) is 31.1 Å². The fourth-order valence-electron chi connectivity index (χ4n) is 4.38. The van der Waals surface area contributed by atoms with Gasteiger partial charge in [0.05, 0.1) is 22.5 Å². The number of halogens is 3. The number of anilines is 1. The number of rotatable bonds is 5. The molecule has 3 aromatic rings. The van der Waals surface area contributed by atoms with Gasteiger partial charge in [-0.1, -0.05) is 71.2 Å². The molecule has 0 radical (unpaired) electrons. The van der Waals surface area contributed by atoms with E-state index in [0.717, 1.165) is 48.2 Å². The minimum absolute atomic E-state index is 0.144. The minimum Gasteiger partial charge on any atom is -0.361 e. The molecule has 2 aliphatic heterocycles. The molecule has 3 aromatic carbocycles. The Balaban J connectivity index is 1.36. The largest absolute Gasteiger partial charge is 0.361 e. The Hall–Kier alpha value is -2.44. The highest BCUT2D eigenvalue weighted by molar-refractivity contribution is 6.36. The third kappa shape index (κ3) is 5.07. The van der Waals surface area contributed by atoms with Crippen LogP contribution < -0.4 is 4.90 Å². The first kappa shape index (κ1) is 22.4. The summed E-state index contributed by atoms with van der Waals surface area (Å²) in [5, 5.41) is 13.8. The quantitative estimate of drug-likeness (QED) is 0.385. The second-order valence-electron chi connectivity index (χ2n) is 8.22. The van der Waals surface area contributed by atoms with Crippen LogP contribution in [0.1, 0.15) is 22.7 Å². The highest BCUT2D eigenvalue weighted by atomic mass is 35.5. The van der Waals surface area contributed by atoms with Crippen LogP contribution in [0, 0.1) is 0 Å². The van der Waals surface area contributed by atoms with Crippen LogP contribution in [0.25, 0.3) is 0 Å². The van der Waals surface area contributed by atoms with E-state index in [9.17, 15) is 0 Å². The lowest BCUT2D eigenvalue weighted by Crippen LogP contribution is -2.48. The van der Waals surface area contributed by atoms with Crippen LogP contribution in [0.2, 0.25) is 15.1 Å². The van der Waals surface area contributed by atoms with Gasteiger partial charge in [0.2, 0.25) is 0 Å². The number of nitrogens with zero attached hydrogens (tertiary/aromatic N) is 5. The van der Waals surface area contributed by atoms with Crippen molar-refractivity contribution >= 4 is 46.2 Å². The van der Waals surface area contributed by atoms with E-state index >= 15 is 0 Å². The Labute approximate surface area is 208 Å². The molecular weight excluding hydrogens is 477 g/mol. The molecule has 0 unspecified atom stereocenters. The van der Waals surface area contributed by atoms with Crippen LogP contribution in [0.4, 0.5) is 5.69 Å².